The Bertz CT molecular complexity index is 935. The number of ether oxygens (including phenoxy) is 1. The first-order chi connectivity index (χ1) is 15.2. The first-order valence-corrected chi connectivity index (χ1v) is 12.0. The Morgan fingerprint density at radius 1 is 0.968 bits per heavy atom. The number of nitrogens with one attached hydrogen (secondary N) is 1. The fourth-order valence-electron chi connectivity index (χ4n) is 7.28. The second kappa shape index (κ2) is 7.67. The van der Waals surface area contributed by atoms with Gasteiger partial charge in [0, 0.05) is 24.3 Å². The molecule has 0 radical (unpaired) electrons. The van der Waals surface area contributed by atoms with Crippen LogP contribution < -0.4 is 15.0 Å². The van der Waals surface area contributed by atoms with Crippen molar-refractivity contribution in [3.63, 3.8) is 0 Å². The van der Waals surface area contributed by atoms with Crippen LogP contribution in [0.25, 0.3) is 0 Å². The van der Waals surface area contributed by atoms with E-state index in [9.17, 15) is 4.79 Å². The molecule has 5 fully saturated rings. The number of rotatable bonds is 5. The Morgan fingerprint density at radius 2 is 1.68 bits per heavy atom. The van der Waals surface area contributed by atoms with Gasteiger partial charge in [-0.25, -0.2) is 0 Å². The molecule has 1 aliphatic heterocycles. The quantitative estimate of drug-likeness (QED) is 0.770. The highest BCUT2D eigenvalue weighted by Crippen LogP contribution is 2.62. The number of amides is 1. The normalized spacial score (nSPS) is 31.8. The molecule has 5 aliphatic rings. The van der Waals surface area contributed by atoms with Crippen molar-refractivity contribution in [3.8, 4) is 5.75 Å². The van der Waals surface area contributed by atoms with Crippen LogP contribution in [0.2, 0.25) is 0 Å². The van der Waals surface area contributed by atoms with Crippen molar-refractivity contribution in [1.29, 1.82) is 0 Å². The summed E-state index contributed by atoms with van der Waals surface area (Å²) in [5, 5.41) is 3.19. The summed E-state index contributed by atoms with van der Waals surface area (Å²) in [7, 11) is 0. The fraction of sp³-hybridized carbons (Fsp3) is 0.519. The lowest BCUT2D eigenvalue weighted by molar-refractivity contribution is -0.118. The van der Waals surface area contributed by atoms with Crippen LogP contribution in [-0.2, 0) is 16.8 Å². The summed E-state index contributed by atoms with van der Waals surface area (Å²) in [6.45, 7) is 2.61. The van der Waals surface area contributed by atoms with Crippen molar-refractivity contribution in [2.45, 2.75) is 50.5 Å². The zero-order chi connectivity index (χ0) is 20.8. The lowest BCUT2D eigenvalue weighted by Crippen LogP contribution is -2.49. The number of carbonyl (C=O) groups excluding carboxylic acids is 1. The third kappa shape index (κ3) is 3.55. The Kier molecular flexibility index (Phi) is 4.79. The van der Waals surface area contributed by atoms with Crippen LogP contribution in [0.15, 0.2) is 48.5 Å². The van der Waals surface area contributed by atoms with Gasteiger partial charge in [0.15, 0.2) is 0 Å². The summed E-state index contributed by atoms with van der Waals surface area (Å²) in [4.78, 5) is 14.5. The molecule has 162 valence electrons. The molecule has 0 atom stereocenters. The van der Waals surface area contributed by atoms with Gasteiger partial charge in [-0.3, -0.25) is 4.79 Å². The van der Waals surface area contributed by atoms with E-state index in [1.54, 1.807) is 0 Å². The maximum absolute atomic E-state index is 12.6. The Morgan fingerprint density at radius 3 is 2.35 bits per heavy atom. The monoisotopic (exact) mass is 416 g/mol. The van der Waals surface area contributed by atoms with Crippen molar-refractivity contribution in [1.82, 2.24) is 5.32 Å². The second-order valence-electron chi connectivity index (χ2n) is 10.4. The Hall–Kier alpha value is -2.33. The van der Waals surface area contributed by atoms with E-state index in [1.165, 1.54) is 49.7 Å². The molecule has 4 heteroatoms. The lowest BCUT2D eigenvalue weighted by Gasteiger charge is -2.57. The van der Waals surface area contributed by atoms with Crippen LogP contribution in [0, 0.1) is 17.8 Å². The van der Waals surface area contributed by atoms with Crippen molar-refractivity contribution < 1.29 is 9.53 Å². The molecule has 2 aromatic carbocycles. The highest BCUT2D eigenvalue weighted by atomic mass is 16.5. The van der Waals surface area contributed by atoms with E-state index in [0.29, 0.717) is 13.2 Å². The summed E-state index contributed by atoms with van der Waals surface area (Å²) >= 11 is 0. The number of anilines is 1. The maximum Gasteiger partial charge on any atom is 0.240 e. The van der Waals surface area contributed by atoms with Gasteiger partial charge in [-0.1, -0.05) is 30.3 Å². The molecule has 0 aromatic heterocycles. The lowest BCUT2D eigenvalue weighted by atomic mass is 9.48. The van der Waals surface area contributed by atoms with Gasteiger partial charge in [-0.05, 0) is 85.5 Å². The van der Waals surface area contributed by atoms with Crippen LogP contribution >= 0.6 is 0 Å². The topological polar surface area (TPSA) is 41.6 Å². The molecule has 4 saturated carbocycles. The number of nitrogens with zero attached hydrogens (tertiary/aromatic N) is 1. The number of hydrogen-bond donors (Lipinski definition) is 1. The molecular weight excluding hydrogens is 384 g/mol. The highest BCUT2D eigenvalue weighted by molar-refractivity contribution is 5.95. The zero-order valence-corrected chi connectivity index (χ0v) is 18.2. The molecule has 0 unspecified atom stereocenters. The summed E-state index contributed by atoms with van der Waals surface area (Å²) in [5.74, 6) is 3.81. The summed E-state index contributed by atoms with van der Waals surface area (Å²) in [6.07, 6.45) is 8.15. The molecule has 4 bridgehead atoms. The number of piperazine rings is 1. The van der Waals surface area contributed by atoms with Crippen molar-refractivity contribution in [2.24, 2.45) is 17.8 Å². The number of hydrogen-bond acceptors (Lipinski definition) is 3. The Balaban J connectivity index is 1.37. The third-order valence-electron chi connectivity index (χ3n) is 8.21. The van der Waals surface area contributed by atoms with Crippen LogP contribution in [0.1, 0.15) is 49.7 Å². The van der Waals surface area contributed by atoms with Crippen LogP contribution in [-0.4, -0.2) is 25.5 Å². The minimum absolute atomic E-state index is 0.167. The zero-order valence-electron chi connectivity index (χ0n) is 18.2. The van der Waals surface area contributed by atoms with Crippen LogP contribution in [0.4, 0.5) is 5.69 Å². The van der Waals surface area contributed by atoms with Crippen LogP contribution in [0.5, 0.6) is 5.75 Å². The molecule has 1 N–H and O–H groups in total. The van der Waals surface area contributed by atoms with Crippen molar-refractivity contribution in [3.05, 3.63) is 59.7 Å². The molecule has 1 saturated heterocycles. The minimum atomic E-state index is 0.167. The van der Waals surface area contributed by atoms with E-state index in [2.05, 4.69) is 47.8 Å². The third-order valence-corrected chi connectivity index (χ3v) is 8.21. The summed E-state index contributed by atoms with van der Waals surface area (Å²) < 4.78 is 6.47. The summed E-state index contributed by atoms with van der Waals surface area (Å²) in [6, 6.07) is 17.0. The van der Waals surface area contributed by atoms with Crippen molar-refractivity contribution >= 4 is 11.6 Å². The molecule has 1 heterocycles. The van der Waals surface area contributed by atoms with E-state index in [-0.39, 0.29) is 11.3 Å². The van der Waals surface area contributed by atoms with Crippen LogP contribution in [0.3, 0.4) is 0 Å². The average molecular weight is 417 g/mol. The van der Waals surface area contributed by atoms with E-state index in [0.717, 1.165) is 42.3 Å². The van der Waals surface area contributed by atoms with Gasteiger partial charge >= 0.3 is 0 Å². The first-order valence-electron chi connectivity index (χ1n) is 12.0. The van der Waals surface area contributed by atoms with E-state index in [1.807, 2.05) is 11.0 Å². The summed E-state index contributed by atoms with van der Waals surface area (Å²) in [5.41, 5.74) is 3.84. The van der Waals surface area contributed by atoms with Gasteiger partial charge in [0.05, 0.1) is 6.54 Å². The molecule has 2 aromatic rings. The highest BCUT2D eigenvalue weighted by Gasteiger charge is 2.52. The molecule has 7 rings (SSSR count). The van der Waals surface area contributed by atoms with Gasteiger partial charge in [-0.2, -0.15) is 0 Å². The predicted molar refractivity (Wildman–Crippen MR) is 122 cm³/mol. The minimum Gasteiger partial charge on any atom is -0.489 e. The maximum atomic E-state index is 12.6. The largest absolute Gasteiger partial charge is 0.489 e. The van der Waals surface area contributed by atoms with E-state index in [4.69, 9.17) is 4.74 Å². The van der Waals surface area contributed by atoms with E-state index < -0.39 is 0 Å². The standard InChI is InChI=1S/C27H32N2O2/c30-26-17-28-8-9-29(26)23-6-7-25(31-18-19-4-2-1-3-5-19)24(13-23)27-14-20-10-21(15-27)12-22(11-20)16-27/h1-7,13,20-22,28H,8-12,14-18H2. The van der Waals surface area contributed by atoms with Gasteiger partial charge in [-0.15, -0.1) is 0 Å². The van der Waals surface area contributed by atoms with Crippen molar-refractivity contribution in [2.75, 3.05) is 24.5 Å². The SMILES string of the molecule is O=C1CNCCN1c1ccc(OCc2ccccc2)c(C23CC4CC(CC(C4)C2)C3)c1. The second-order valence-corrected chi connectivity index (χ2v) is 10.4. The number of benzene rings is 2. The van der Waals surface area contributed by atoms with Gasteiger partial charge < -0.3 is 15.0 Å². The fourth-order valence-corrected chi connectivity index (χ4v) is 7.28. The molecule has 31 heavy (non-hydrogen) atoms. The smallest absolute Gasteiger partial charge is 0.240 e. The molecule has 4 nitrogen and oxygen atoms in total. The molecular formula is C27H32N2O2. The van der Waals surface area contributed by atoms with E-state index >= 15 is 0 Å². The average Bonchev–Trinajstić information content (AvgIpc) is 2.78. The molecule has 0 spiro atoms. The van der Waals surface area contributed by atoms with Gasteiger partial charge in [0.2, 0.25) is 5.91 Å². The molecule has 1 amide bonds. The predicted octanol–water partition coefficient (Wildman–Crippen LogP) is 4.67. The Labute approximate surface area is 185 Å². The first kappa shape index (κ1) is 19.4. The van der Waals surface area contributed by atoms with Gasteiger partial charge in [0.25, 0.3) is 0 Å². The number of carbonyl (C=O) groups is 1. The molecule has 4 aliphatic carbocycles. The van der Waals surface area contributed by atoms with Gasteiger partial charge in [0.1, 0.15) is 12.4 Å².